The van der Waals surface area contributed by atoms with Crippen LogP contribution in [0.2, 0.25) is 0 Å². The van der Waals surface area contributed by atoms with Crippen molar-refractivity contribution in [1.82, 2.24) is 15.2 Å². The van der Waals surface area contributed by atoms with E-state index in [1.54, 1.807) is 0 Å². The van der Waals surface area contributed by atoms with Crippen molar-refractivity contribution < 1.29 is 4.79 Å². The highest BCUT2D eigenvalue weighted by atomic mass is 16.2. The molecule has 3 rings (SSSR count). The summed E-state index contributed by atoms with van der Waals surface area (Å²) in [5.41, 5.74) is 4.12. The van der Waals surface area contributed by atoms with E-state index in [-0.39, 0.29) is 11.4 Å². The summed E-state index contributed by atoms with van der Waals surface area (Å²) in [6, 6.07) is 5.96. The van der Waals surface area contributed by atoms with Crippen LogP contribution in [0.15, 0.2) is 18.2 Å². The van der Waals surface area contributed by atoms with Gasteiger partial charge in [0.2, 0.25) is 0 Å². The van der Waals surface area contributed by atoms with Gasteiger partial charge in [-0.05, 0) is 51.5 Å². The molecule has 1 aromatic carbocycles. The first-order chi connectivity index (χ1) is 9.90. The summed E-state index contributed by atoms with van der Waals surface area (Å²) in [5.74, 6) is 0.127. The van der Waals surface area contributed by atoms with Gasteiger partial charge in [0.1, 0.15) is 0 Å². The number of rotatable bonds is 1. The van der Waals surface area contributed by atoms with Crippen molar-refractivity contribution in [1.29, 1.82) is 0 Å². The molecule has 1 aromatic heterocycles. The monoisotopic (exact) mass is 285 g/mol. The normalized spacial score (nSPS) is 18.2. The second kappa shape index (κ2) is 4.88. The van der Waals surface area contributed by atoms with Crippen LogP contribution < -0.4 is 5.32 Å². The fraction of sp³-hybridized carbons (Fsp3) is 0.471. The second-order valence-corrected chi connectivity index (χ2v) is 6.58. The molecule has 1 aliphatic rings. The van der Waals surface area contributed by atoms with Gasteiger partial charge in [-0.3, -0.25) is 4.79 Å². The number of H-pyrrole nitrogens is 1. The predicted octanol–water partition coefficient (Wildman–Crippen LogP) is 2.61. The van der Waals surface area contributed by atoms with Gasteiger partial charge in [0.05, 0.1) is 5.54 Å². The Morgan fingerprint density at radius 2 is 2.05 bits per heavy atom. The SMILES string of the molecule is Cc1[nH]c2ccc(C(=O)N3CCNCC3(C)C)cc2c1C. The van der Waals surface area contributed by atoms with Gasteiger partial charge < -0.3 is 15.2 Å². The number of amides is 1. The van der Waals surface area contributed by atoms with Crippen LogP contribution in [0, 0.1) is 13.8 Å². The lowest BCUT2D eigenvalue weighted by molar-refractivity contribution is 0.0477. The van der Waals surface area contributed by atoms with Crippen molar-refractivity contribution in [2.24, 2.45) is 0 Å². The number of carbonyl (C=O) groups is 1. The van der Waals surface area contributed by atoms with E-state index in [4.69, 9.17) is 0 Å². The number of hydrogen-bond donors (Lipinski definition) is 2. The van der Waals surface area contributed by atoms with E-state index >= 15 is 0 Å². The number of hydrogen-bond acceptors (Lipinski definition) is 2. The highest BCUT2D eigenvalue weighted by molar-refractivity contribution is 5.99. The average molecular weight is 285 g/mol. The highest BCUT2D eigenvalue weighted by Crippen LogP contribution is 2.25. The number of aromatic nitrogens is 1. The molecule has 4 nitrogen and oxygen atoms in total. The van der Waals surface area contributed by atoms with Gasteiger partial charge in [0.15, 0.2) is 0 Å². The molecule has 0 bridgehead atoms. The fourth-order valence-electron chi connectivity index (χ4n) is 3.11. The standard InChI is InChI=1S/C17H23N3O/c1-11-12(2)19-15-6-5-13(9-14(11)15)16(21)20-8-7-18-10-17(20,3)4/h5-6,9,18-19H,7-8,10H2,1-4H3. The lowest BCUT2D eigenvalue weighted by Gasteiger charge is -2.42. The minimum absolute atomic E-state index is 0.127. The molecule has 0 aliphatic carbocycles. The molecule has 1 saturated heterocycles. The second-order valence-electron chi connectivity index (χ2n) is 6.58. The largest absolute Gasteiger partial charge is 0.358 e. The Labute approximate surface area is 125 Å². The molecule has 1 fully saturated rings. The number of nitrogens with zero attached hydrogens (tertiary/aromatic N) is 1. The van der Waals surface area contributed by atoms with Crippen LogP contribution in [0.25, 0.3) is 10.9 Å². The van der Waals surface area contributed by atoms with Gasteiger partial charge in [-0.25, -0.2) is 0 Å². The lowest BCUT2D eigenvalue weighted by atomic mass is 9.98. The molecule has 112 valence electrons. The molecule has 0 atom stereocenters. The maximum atomic E-state index is 12.9. The van der Waals surface area contributed by atoms with Gasteiger partial charge in [-0.15, -0.1) is 0 Å². The van der Waals surface area contributed by atoms with Crippen molar-refractivity contribution in [3.8, 4) is 0 Å². The van der Waals surface area contributed by atoms with Crippen LogP contribution in [0.1, 0.15) is 35.5 Å². The first kappa shape index (κ1) is 14.1. The van der Waals surface area contributed by atoms with Crippen molar-refractivity contribution in [3.63, 3.8) is 0 Å². The van der Waals surface area contributed by atoms with E-state index in [1.807, 2.05) is 23.1 Å². The number of aryl methyl sites for hydroxylation is 2. The molecule has 2 aromatic rings. The van der Waals surface area contributed by atoms with E-state index in [1.165, 1.54) is 5.56 Å². The number of carbonyl (C=O) groups excluding carboxylic acids is 1. The third kappa shape index (κ3) is 2.33. The van der Waals surface area contributed by atoms with E-state index in [9.17, 15) is 4.79 Å². The molecule has 2 heterocycles. The summed E-state index contributed by atoms with van der Waals surface area (Å²) < 4.78 is 0. The summed E-state index contributed by atoms with van der Waals surface area (Å²) in [4.78, 5) is 18.2. The van der Waals surface area contributed by atoms with Gasteiger partial charge in [-0.1, -0.05) is 0 Å². The first-order valence-corrected chi connectivity index (χ1v) is 7.52. The van der Waals surface area contributed by atoms with E-state index in [0.717, 1.165) is 41.8 Å². The van der Waals surface area contributed by atoms with Crippen LogP contribution in [0.3, 0.4) is 0 Å². The van der Waals surface area contributed by atoms with Crippen LogP contribution in [0.5, 0.6) is 0 Å². The van der Waals surface area contributed by atoms with E-state index < -0.39 is 0 Å². The van der Waals surface area contributed by atoms with Gasteiger partial charge in [-0.2, -0.15) is 0 Å². The summed E-state index contributed by atoms with van der Waals surface area (Å²) in [7, 11) is 0. The minimum Gasteiger partial charge on any atom is -0.358 e. The topological polar surface area (TPSA) is 48.1 Å². The lowest BCUT2D eigenvalue weighted by Crippen LogP contribution is -2.59. The van der Waals surface area contributed by atoms with E-state index in [0.29, 0.717) is 0 Å². The van der Waals surface area contributed by atoms with Crippen LogP contribution in [-0.4, -0.2) is 41.0 Å². The molecular weight excluding hydrogens is 262 g/mol. The Bertz CT molecular complexity index is 699. The van der Waals surface area contributed by atoms with E-state index in [2.05, 4.69) is 38.0 Å². The van der Waals surface area contributed by atoms with Gasteiger partial charge in [0, 0.05) is 41.8 Å². The Hall–Kier alpha value is -1.81. The molecule has 1 aliphatic heterocycles. The van der Waals surface area contributed by atoms with Gasteiger partial charge in [0.25, 0.3) is 5.91 Å². The molecule has 4 heteroatoms. The Kier molecular flexibility index (Phi) is 3.29. The molecule has 21 heavy (non-hydrogen) atoms. The van der Waals surface area contributed by atoms with Crippen molar-refractivity contribution in [2.45, 2.75) is 33.2 Å². The summed E-state index contributed by atoms with van der Waals surface area (Å²) in [6.45, 7) is 10.8. The molecule has 0 spiro atoms. The van der Waals surface area contributed by atoms with Gasteiger partial charge >= 0.3 is 0 Å². The Morgan fingerprint density at radius 1 is 1.29 bits per heavy atom. The van der Waals surface area contributed by atoms with Crippen molar-refractivity contribution >= 4 is 16.8 Å². The summed E-state index contributed by atoms with van der Waals surface area (Å²) >= 11 is 0. The zero-order chi connectivity index (χ0) is 15.2. The molecule has 0 unspecified atom stereocenters. The number of piperazine rings is 1. The summed E-state index contributed by atoms with van der Waals surface area (Å²) in [6.07, 6.45) is 0. The number of benzene rings is 1. The number of aromatic amines is 1. The van der Waals surface area contributed by atoms with Crippen LogP contribution in [-0.2, 0) is 0 Å². The Balaban J connectivity index is 1.99. The highest BCUT2D eigenvalue weighted by Gasteiger charge is 2.33. The van der Waals surface area contributed by atoms with Crippen molar-refractivity contribution in [3.05, 3.63) is 35.0 Å². The number of fused-ring (bicyclic) bond motifs is 1. The zero-order valence-corrected chi connectivity index (χ0v) is 13.2. The molecule has 0 radical (unpaired) electrons. The quantitative estimate of drug-likeness (QED) is 0.846. The fourth-order valence-corrected chi connectivity index (χ4v) is 3.11. The van der Waals surface area contributed by atoms with Crippen molar-refractivity contribution in [2.75, 3.05) is 19.6 Å². The van der Waals surface area contributed by atoms with Crippen LogP contribution >= 0.6 is 0 Å². The first-order valence-electron chi connectivity index (χ1n) is 7.52. The predicted molar refractivity (Wildman–Crippen MR) is 85.8 cm³/mol. The molecule has 0 saturated carbocycles. The molecule has 1 amide bonds. The molecular formula is C17H23N3O. The summed E-state index contributed by atoms with van der Waals surface area (Å²) in [5, 5.41) is 4.50. The maximum absolute atomic E-state index is 12.9. The van der Waals surface area contributed by atoms with Crippen LogP contribution in [0.4, 0.5) is 0 Å². The Morgan fingerprint density at radius 3 is 2.76 bits per heavy atom. The third-order valence-corrected chi connectivity index (χ3v) is 4.60. The smallest absolute Gasteiger partial charge is 0.254 e. The number of nitrogens with one attached hydrogen (secondary N) is 2. The molecule has 2 N–H and O–H groups in total. The zero-order valence-electron chi connectivity index (χ0n) is 13.2. The maximum Gasteiger partial charge on any atom is 0.254 e. The average Bonchev–Trinajstić information content (AvgIpc) is 2.73. The third-order valence-electron chi connectivity index (χ3n) is 4.60. The minimum atomic E-state index is -0.145.